The first kappa shape index (κ1) is 8.59. The fourth-order valence-electron chi connectivity index (χ4n) is 1.01. The molecule has 0 radical (unpaired) electrons. The molecular formula is C7H9FO2S. The van der Waals surface area contributed by atoms with Crippen molar-refractivity contribution in [3.63, 3.8) is 0 Å². The summed E-state index contributed by atoms with van der Waals surface area (Å²) in [5, 5.41) is 8.32. The van der Waals surface area contributed by atoms with Crippen molar-refractivity contribution in [2.75, 3.05) is 11.5 Å². The maximum absolute atomic E-state index is 12.7. The molecule has 0 saturated carbocycles. The highest BCUT2D eigenvalue weighted by molar-refractivity contribution is 7.99. The summed E-state index contributed by atoms with van der Waals surface area (Å²) in [6.45, 7) is 1.85. The van der Waals surface area contributed by atoms with E-state index in [1.807, 2.05) is 6.92 Å². The number of hydrogen-bond donors (Lipinski definition) is 1. The van der Waals surface area contributed by atoms with Crippen LogP contribution in [0.15, 0.2) is 11.4 Å². The third-order valence-electron chi connectivity index (χ3n) is 1.69. The smallest absolute Gasteiger partial charge is 0.364 e. The highest BCUT2D eigenvalue weighted by Gasteiger charge is 2.24. The van der Waals surface area contributed by atoms with Gasteiger partial charge in [0.15, 0.2) is 0 Å². The lowest BCUT2D eigenvalue weighted by molar-refractivity contribution is -0.134. The molecule has 0 aromatic rings. The van der Waals surface area contributed by atoms with Gasteiger partial charge in [0.05, 0.1) is 0 Å². The third kappa shape index (κ3) is 1.74. The summed E-state index contributed by atoms with van der Waals surface area (Å²) in [5.41, 5.74) is 0.447. The summed E-state index contributed by atoms with van der Waals surface area (Å²) in [7, 11) is 0. The minimum atomic E-state index is -1.44. The monoisotopic (exact) mass is 176 g/mol. The van der Waals surface area contributed by atoms with E-state index in [9.17, 15) is 9.18 Å². The van der Waals surface area contributed by atoms with Gasteiger partial charge in [-0.2, -0.15) is 16.2 Å². The Labute approximate surface area is 68.5 Å². The molecule has 1 rings (SSSR count). The molecule has 1 unspecified atom stereocenters. The van der Waals surface area contributed by atoms with Crippen LogP contribution in [0.4, 0.5) is 4.39 Å². The standard InChI is InChI=1S/C7H9FO2S/c1-4-2-11-3-5(4)6(8)7(9)10/h4H,2-3H2,1H3,(H,9,10)/b6-5+. The molecule has 0 aliphatic carbocycles. The molecule has 2 nitrogen and oxygen atoms in total. The molecule has 1 aliphatic heterocycles. The zero-order valence-corrected chi connectivity index (χ0v) is 6.95. The quantitative estimate of drug-likeness (QED) is 0.617. The van der Waals surface area contributed by atoms with Crippen LogP contribution in [0, 0.1) is 5.92 Å². The Hall–Kier alpha value is -0.510. The molecule has 0 bridgehead atoms. The summed E-state index contributed by atoms with van der Waals surface area (Å²) in [6, 6.07) is 0. The largest absolute Gasteiger partial charge is 0.476 e. The number of aliphatic carboxylic acids is 1. The molecule has 0 aromatic heterocycles. The predicted octanol–water partition coefficient (Wildman–Crippen LogP) is 1.68. The van der Waals surface area contributed by atoms with Crippen molar-refractivity contribution in [3.05, 3.63) is 11.4 Å². The minimum absolute atomic E-state index is 0.0797. The Morgan fingerprint density at radius 1 is 1.82 bits per heavy atom. The molecule has 1 saturated heterocycles. The first-order valence-corrected chi connectivity index (χ1v) is 4.48. The van der Waals surface area contributed by atoms with Crippen molar-refractivity contribution < 1.29 is 14.3 Å². The van der Waals surface area contributed by atoms with E-state index >= 15 is 0 Å². The highest BCUT2D eigenvalue weighted by Crippen LogP contribution is 2.31. The van der Waals surface area contributed by atoms with Crippen LogP contribution < -0.4 is 0 Å². The van der Waals surface area contributed by atoms with Gasteiger partial charge in [-0.1, -0.05) is 6.92 Å². The fraction of sp³-hybridized carbons (Fsp3) is 0.571. The second kappa shape index (κ2) is 3.26. The average Bonchev–Trinajstić information content (AvgIpc) is 2.33. The number of carboxylic acids is 1. The Kier molecular flexibility index (Phi) is 2.54. The Morgan fingerprint density at radius 2 is 2.45 bits per heavy atom. The van der Waals surface area contributed by atoms with E-state index in [1.54, 1.807) is 11.8 Å². The van der Waals surface area contributed by atoms with E-state index in [-0.39, 0.29) is 5.92 Å². The van der Waals surface area contributed by atoms with Crippen LogP contribution in [-0.4, -0.2) is 22.6 Å². The second-order valence-corrected chi connectivity index (χ2v) is 3.59. The molecule has 1 atom stereocenters. The Bertz CT molecular complexity index is 212. The fourth-order valence-corrected chi connectivity index (χ4v) is 2.31. The maximum Gasteiger partial charge on any atom is 0.364 e. The molecule has 0 spiro atoms. The number of halogens is 1. The van der Waals surface area contributed by atoms with E-state index < -0.39 is 11.8 Å². The van der Waals surface area contributed by atoms with Crippen molar-refractivity contribution in [1.82, 2.24) is 0 Å². The average molecular weight is 176 g/mol. The molecule has 1 aliphatic rings. The Balaban J connectivity index is 2.85. The lowest BCUT2D eigenvalue weighted by atomic mass is 10.0. The number of hydrogen-bond acceptors (Lipinski definition) is 2. The maximum atomic E-state index is 12.7. The molecule has 4 heteroatoms. The van der Waals surface area contributed by atoms with Crippen molar-refractivity contribution in [2.24, 2.45) is 5.92 Å². The molecule has 0 aromatic carbocycles. The van der Waals surface area contributed by atoms with Crippen molar-refractivity contribution >= 4 is 17.7 Å². The van der Waals surface area contributed by atoms with Crippen molar-refractivity contribution in [1.29, 1.82) is 0 Å². The lowest BCUT2D eigenvalue weighted by Gasteiger charge is -2.01. The topological polar surface area (TPSA) is 37.3 Å². The van der Waals surface area contributed by atoms with Gasteiger partial charge in [-0.3, -0.25) is 0 Å². The normalized spacial score (nSPS) is 28.7. The molecule has 1 heterocycles. The zero-order valence-electron chi connectivity index (χ0n) is 6.13. The first-order chi connectivity index (χ1) is 5.13. The zero-order chi connectivity index (χ0) is 8.43. The van der Waals surface area contributed by atoms with Crippen LogP contribution in [-0.2, 0) is 4.79 Å². The van der Waals surface area contributed by atoms with Crippen LogP contribution in [0.2, 0.25) is 0 Å². The van der Waals surface area contributed by atoms with Crippen LogP contribution in [0.5, 0.6) is 0 Å². The third-order valence-corrected chi connectivity index (χ3v) is 2.94. The van der Waals surface area contributed by atoms with Gasteiger partial charge >= 0.3 is 5.97 Å². The summed E-state index contributed by atoms with van der Waals surface area (Å²) >= 11 is 1.57. The predicted molar refractivity (Wildman–Crippen MR) is 42.3 cm³/mol. The van der Waals surface area contributed by atoms with Crippen molar-refractivity contribution in [2.45, 2.75) is 6.92 Å². The van der Waals surface area contributed by atoms with E-state index in [0.717, 1.165) is 5.75 Å². The molecule has 62 valence electrons. The highest BCUT2D eigenvalue weighted by atomic mass is 32.2. The summed E-state index contributed by atoms with van der Waals surface area (Å²) in [5.74, 6) is -0.956. The number of carboxylic acid groups (broad SMARTS) is 1. The molecule has 11 heavy (non-hydrogen) atoms. The molecular weight excluding hydrogens is 167 g/mol. The van der Waals surface area contributed by atoms with Gasteiger partial charge in [-0.15, -0.1) is 0 Å². The van der Waals surface area contributed by atoms with Crippen LogP contribution in [0.3, 0.4) is 0 Å². The van der Waals surface area contributed by atoms with Crippen molar-refractivity contribution in [3.8, 4) is 0 Å². The first-order valence-electron chi connectivity index (χ1n) is 3.32. The second-order valence-electron chi connectivity index (χ2n) is 2.56. The van der Waals surface area contributed by atoms with Crippen LogP contribution in [0.1, 0.15) is 6.92 Å². The molecule has 1 fully saturated rings. The van der Waals surface area contributed by atoms with E-state index in [4.69, 9.17) is 5.11 Å². The Morgan fingerprint density at radius 3 is 2.82 bits per heavy atom. The SMILES string of the molecule is CC1CSC/C1=C(\F)C(=O)O. The van der Waals surface area contributed by atoms with Gasteiger partial charge in [-0.05, 0) is 11.5 Å². The summed E-state index contributed by atoms with van der Waals surface area (Å²) in [6.07, 6.45) is 0. The van der Waals surface area contributed by atoms with E-state index in [0.29, 0.717) is 11.3 Å². The molecule has 1 N–H and O–H groups in total. The van der Waals surface area contributed by atoms with Gasteiger partial charge in [0, 0.05) is 11.5 Å². The van der Waals surface area contributed by atoms with Gasteiger partial charge < -0.3 is 5.11 Å². The van der Waals surface area contributed by atoms with Gasteiger partial charge in [0.25, 0.3) is 0 Å². The minimum Gasteiger partial charge on any atom is -0.476 e. The number of carbonyl (C=O) groups is 1. The van der Waals surface area contributed by atoms with E-state index in [1.165, 1.54) is 0 Å². The van der Waals surface area contributed by atoms with Gasteiger partial charge in [0.2, 0.25) is 5.83 Å². The van der Waals surface area contributed by atoms with Gasteiger partial charge in [-0.25, -0.2) is 4.79 Å². The number of rotatable bonds is 1. The van der Waals surface area contributed by atoms with Crippen LogP contribution >= 0.6 is 11.8 Å². The summed E-state index contributed by atoms with van der Waals surface area (Å²) < 4.78 is 12.7. The van der Waals surface area contributed by atoms with Crippen LogP contribution in [0.25, 0.3) is 0 Å². The number of thioether (sulfide) groups is 1. The van der Waals surface area contributed by atoms with E-state index in [2.05, 4.69) is 0 Å². The van der Waals surface area contributed by atoms with Gasteiger partial charge in [0.1, 0.15) is 0 Å². The molecule has 0 amide bonds. The lowest BCUT2D eigenvalue weighted by Crippen LogP contribution is -2.04. The summed E-state index contributed by atoms with van der Waals surface area (Å²) in [4.78, 5) is 10.2.